The standard InChI is InChI=1S/C24H33N5O/c1-9-28(10-2)18-11-12-19(16(7)13-18)25-22-21(15(5)6)27-29-23(22)26-20(14(3)4)17(8)24(29)30/h11-15H,9-10H2,1-8H3. The van der Waals surface area contributed by atoms with Gasteiger partial charge in [0.15, 0.2) is 5.82 Å². The third kappa shape index (κ3) is 3.83. The molecule has 0 amide bonds. The van der Waals surface area contributed by atoms with Crippen molar-refractivity contribution in [3.8, 4) is 0 Å². The van der Waals surface area contributed by atoms with E-state index in [1.54, 1.807) is 0 Å². The van der Waals surface area contributed by atoms with Gasteiger partial charge in [0, 0.05) is 24.3 Å². The van der Waals surface area contributed by atoms with Crippen molar-refractivity contribution in [1.82, 2.24) is 9.66 Å². The highest BCUT2D eigenvalue weighted by Gasteiger charge is 2.30. The van der Waals surface area contributed by atoms with Crippen LogP contribution < -0.4 is 10.5 Å². The smallest absolute Gasteiger partial charge is 0.277 e. The molecule has 1 aromatic heterocycles. The SMILES string of the molecule is CCN(CC)c1ccc(N=C2C(C(C)C)=Nn3c2nc(C(C)C)c(C)c3=O)c(C)c1. The minimum Gasteiger partial charge on any atom is -0.372 e. The van der Waals surface area contributed by atoms with Gasteiger partial charge in [-0.2, -0.15) is 9.78 Å². The molecule has 1 aliphatic heterocycles. The molecular weight excluding hydrogens is 374 g/mol. The minimum atomic E-state index is -0.111. The number of anilines is 1. The molecular formula is C24H33N5O. The number of fused-ring (bicyclic) bond motifs is 1. The Bertz CT molecular complexity index is 1070. The van der Waals surface area contributed by atoms with Crippen LogP contribution in [0.4, 0.5) is 11.4 Å². The van der Waals surface area contributed by atoms with Crippen LogP contribution in [0.5, 0.6) is 0 Å². The number of nitrogens with zero attached hydrogens (tertiary/aromatic N) is 5. The van der Waals surface area contributed by atoms with Gasteiger partial charge < -0.3 is 4.90 Å². The minimum absolute atomic E-state index is 0.111. The highest BCUT2D eigenvalue weighted by atomic mass is 16.1. The summed E-state index contributed by atoms with van der Waals surface area (Å²) in [7, 11) is 0. The van der Waals surface area contributed by atoms with Gasteiger partial charge in [-0.15, -0.1) is 0 Å². The van der Waals surface area contributed by atoms with Gasteiger partial charge in [-0.1, -0.05) is 27.7 Å². The van der Waals surface area contributed by atoms with Crippen LogP contribution in [-0.2, 0) is 0 Å². The van der Waals surface area contributed by atoms with E-state index in [0.29, 0.717) is 17.1 Å². The van der Waals surface area contributed by atoms with Crippen LogP contribution in [0.25, 0.3) is 0 Å². The lowest BCUT2D eigenvalue weighted by molar-refractivity contribution is 0.725. The maximum Gasteiger partial charge on any atom is 0.277 e. The summed E-state index contributed by atoms with van der Waals surface area (Å²) >= 11 is 0. The number of rotatable bonds is 6. The first-order chi connectivity index (χ1) is 14.2. The summed E-state index contributed by atoms with van der Waals surface area (Å²) in [6, 6.07) is 6.32. The first-order valence-electron chi connectivity index (χ1n) is 10.9. The highest BCUT2D eigenvalue weighted by Crippen LogP contribution is 2.27. The molecule has 0 radical (unpaired) electrons. The highest BCUT2D eigenvalue weighted by molar-refractivity contribution is 6.49. The Balaban J connectivity index is 2.18. The van der Waals surface area contributed by atoms with Crippen LogP contribution in [0.15, 0.2) is 33.1 Å². The first kappa shape index (κ1) is 21.9. The van der Waals surface area contributed by atoms with Crippen molar-refractivity contribution in [2.75, 3.05) is 18.0 Å². The fourth-order valence-electron chi connectivity index (χ4n) is 3.85. The van der Waals surface area contributed by atoms with Crippen molar-refractivity contribution >= 4 is 22.8 Å². The Morgan fingerprint density at radius 2 is 1.73 bits per heavy atom. The second-order valence-electron chi connectivity index (χ2n) is 8.46. The normalized spacial score (nSPS) is 14.6. The molecule has 0 atom stereocenters. The number of aryl methyl sites for hydroxylation is 1. The van der Waals surface area contributed by atoms with E-state index in [4.69, 9.17) is 9.98 Å². The van der Waals surface area contributed by atoms with Gasteiger partial charge >= 0.3 is 0 Å². The van der Waals surface area contributed by atoms with Gasteiger partial charge in [0.2, 0.25) is 0 Å². The number of aliphatic imine (C=N–C) groups is 1. The zero-order valence-corrected chi connectivity index (χ0v) is 19.4. The molecule has 0 N–H and O–H groups in total. The molecule has 160 valence electrons. The van der Waals surface area contributed by atoms with Crippen LogP contribution in [0.1, 0.15) is 70.1 Å². The Hall–Kier alpha value is -2.76. The molecule has 1 aliphatic rings. The molecule has 30 heavy (non-hydrogen) atoms. The van der Waals surface area contributed by atoms with Crippen LogP contribution in [0.2, 0.25) is 0 Å². The summed E-state index contributed by atoms with van der Waals surface area (Å²) in [4.78, 5) is 25.1. The molecule has 0 bridgehead atoms. The lowest BCUT2D eigenvalue weighted by Gasteiger charge is -2.21. The fraction of sp³-hybridized carbons (Fsp3) is 0.500. The second-order valence-corrected chi connectivity index (χ2v) is 8.46. The number of aromatic nitrogens is 2. The van der Waals surface area contributed by atoms with Crippen molar-refractivity contribution in [3.63, 3.8) is 0 Å². The fourth-order valence-corrected chi connectivity index (χ4v) is 3.85. The Morgan fingerprint density at radius 3 is 2.27 bits per heavy atom. The van der Waals surface area contributed by atoms with Gasteiger partial charge in [-0.25, -0.2) is 9.98 Å². The monoisotopic (exact) mass is 407 g/mol. The van der Waals surface area contributed by atoms with Crippen LogP contribution in [0, 0.1) is 19.8 Å². The van der Waals surface area contributed by atoms with Gasteiger partial charge in [-0.3, -0.25) is 4.79 Å². The van der Waals surface area contributed by atoms with Crippen molar-refractivity contribution in [1.29, 1.82) is 0 Å². The summed E-state index contributed by atoms with van der Waals surface area (Å²) in [5.74, 6) is 0.830. The molecule has 2 heterocycles. The van der Waals surface area contributed by atoms with Gasteiger partial charge in [0.05, 0.1) is 17.1 Å². The van der Waals surface area contributed by atoms with Crippen LogP contribution in [0.3, 0.4) is 0 Å². The molecule has 6 nitrogen and oxygen atoms in total. The topological polar surface area (TPSA) is 62.9 Å². The Morgan fingerprint density at radius 1 is 1.07 bits per heavy atom. The van der Waals surface area contributed by atoms with Crippen molar-refractivity contribution in [2.45, 2.75) is 61.3 Å². The van der Waals surface area contributed by atoms with E-state index in [-0.39, 0.29) is 17.4 Å². The largest absolute Gasteiger partial charge is 0.372 e. The maximum atomic E-state index is 13.0. The molecule has 0 spiro atoms. The molecule has 2 aromatic rings. The summed E-state index contributed by atoms with van der Waals surface area (Å²) in [6.07, 6.45) is 0. The predicted molar refractivity (Wildman–Crippen MR) is 126 cm³/mol. The lowest BCUT2D eigenvalue weighted by Crippen LogP contribution is -2.26. The van der Waals surface area contributed by atoms with Crippen molar-refractivity contribution in [3.05, 3.63) is 51.2 Å². The molecule has 1 aromatic carbocycles. The third-order valence-corrected chi connectivity index (χ3v) is 5.62. The van der Waals surface area contributed by atoms with Crippen LogP contribution in [-0.4, -0.2) is 34.2 Å². The zero-order chi connectivity index (χ0) is 22.2. The molecule has 3 rings (SSSR count). The van der Waals surface area contributed by atoms with Crippen LogP contribution >= 0.6 is 0 Å². The molecule has 0 unspecified atom stereocenters. The zero-order valence-electron chi connectivity index (χ0n) is 19.4. The average Bonchev–Trinajstić information content (AvgIpc) is 3.06. The van der Waals surface area contributed by atoms with E-state index in [9.17, 15) is 4.79 Å². The second kappa shape index (κ2) is 8.54. The van der Waals surface area contributed by atoms with E-state index in [0.717, 1.165) is 35.7 Å². The molecule has 0 saturated carbocycles. The summed E-state index contributed by atoms with van der Waals surface area (Å²) in [5.41, 5.74) is 6.01. The Labute approximate surface area is 179 Å². The van der Waals surface area contributed by atoms with Gasteiger partial charge in [0.1, 0.15) is 5.71 Å². The van der Waals surface area contributed by atoms with E-state index in [1.807, 2.05) is 13.0 Å². The van der Waals surface area contributed by atoms with E-state index >= 15 is 0 Å². The number of benzene rings is 1. The maximum absolute atomic E-state index is 13.0. The lowest BCUT2D eigenvalue weighted by atomic mass is 10.0. The average molecular weight is 408 g/mol. The summed E-state index contributed by atoms with van der Waals surface area (Å²) in [5, 5.41) is 4.61. The third-order valence-electron chi connectivity index (χ3n) is 5.62. The predicted octanol–water partition coefficient (Wildman–Crippen LogP) is 4.82. The van der Waals surface area contributed by atoms with Crippen molar-refractivity contribution in [2.24, 2.45) is 16.0 Å². The quantitative estimate of drug-likeness (QED) is 0.689. The Kier molecular flexibility index (Phi) is 6.25. The van der Waals surface area contributed by atoms with Gasteiger partial charge in [0.25, 0.3) is 5.56 Å². The molecule has 0 fully saturated rings. The van der Waals surface area contributed by atoms with Crippen molar-refractivity contribution < 1.29 is 0 Å². The summed E-state index contributed by atoms with van der Waals surface area (Å²) in [6.45, 7) is 18.4. The van der Waals surface area contributed by atoms with Gasteiger partial charge in [-0.05, 0) is 63.3 Å². The molecule has 0 saturated heterocycles. The number of hydrogen-bond donors (Lipinski definition) is 0. The molecule has 6 heteroatoms. The van der Waals surface area contributed by atoms with E-state index in [1.165, 1.54) is 10.4 Å². The number of hydrogen-bond acceptors (Lipinski definition) is 5. The van der Waals surface area contributed by atoms with E-state index < -0.39 is 0 Å². The molecule has 0 aliphatic carbocycles. The first-order valence-corrected chi connectivity index (χ1v) is 10.9. The summed E-state index contributed by atoms with van der Waals surface area (Å²) < 4.78 is 1.43. The van der Waals surface area contributed by atoms with E-state index in [2.05, 4.69) is 70.6 Å².